The van der Waals surface area contributed by atoms with Gasteiger partial charge in [0.05, 0.1) is 0 Å². The Hall–Kier alpha value is -3.29. The van der Waals surface area contributed by atoms with Crippen LogP contribution in [0.25, 0.3) is 0 Å². The van der Waals surface area contributed by atoms with Gasteiger partial charge in [-0.1, -0.05) is 75.2 Å². The third kappa shape index (κ3) is 6.84. The number of aromatic hydroxyl groups is 3. The van der Waals surface area contributed by atoms with E-state index in [2.05, 4.69) is 0 Å². The Labute approximate surface area is 261 Å². The van der Waals surface area contributed by atoms with Crippen LogP contribution >= 0.6 is 0 Å². The lowest BCUT2D eigenvalue weighted by Crippen LogP contribution is -2.31. The molecule has 1 aromatic rings. The largest absolute Gasteiger partial charge is 0.512 e. The van der Waals surface area contributed by atoms with Gasteiger partial charge in [0, 0.05) is 66.2 Å². The van der Waals surface area contributed by atoms with Crippen molar-refractivity contribution in [1.29, 1.82) is 0 Å². The van der Waals surface area contributed by atoms with Gasteiger partial charge in [-0.2, -0.15) is 0 Å². The molecule has 0 aliphatic heterocycles. The number of phenols is 3. The van der Waals surface area contributed by atoms with Gasteiger partial charge in [0.2, 0.25) is 0 Å². The van der Waals surface area contributed by atoms with Crippen molar-refractivity contribution in [1.82, 2.24) is 0 Å². The van der Waals surface area contributed by atoms with Crippen LogP contribution in [-0.4, -0.2) is 42.9 Å². The van der Waals surface area contributed by atoms with Crippen molar-refractivity contribution in [3.05, 3.63) is 39.4 Å². The zero-order valence-electron chi connectivity index (χ0n) is 27.9. The summed E-state index contributed by atoms with van der Waals surface area (Å²) in [6.45, 7) is 16.6. The summed E-state index contributed by atoms with van der Waals surface area (Å²) < 4.78 is 0. The molecule has 2 unspecified atom stereocenters. The summed E-state index contributed by atoms with van der Waals surface area (Å²) >= 11 is 0. The molecule has 5 N–H and O–H groups in total. The van der Waals surface area contributed by atoms with Gasteiger partial charge in [0.1, 0.15) is 34.3 Å². The highest BCUT2D eigenvalue weighted by Gasteiger charge is 2.45. The van der Waals surface area contributed by atoms with Crippen molar-refractivity contribution < 1.29 is 39.9 Å². The van der Waals surface area contributed by atoms with E-state index in [0.29, 0.717) is 6.42 Å². The van der Waals surface area contributed by atoms with Crippen LogP contribution in [0.4, 0.5) is 0 Å². The van der Waals surface area contributed by atoms with Crippen LogP contribution in [-0.2, 0) is 9.59 Å². The molecule has 8 nitrogen and oxygen atoms in total. The number of aliphatic hydroxyl groups excluding tert-OH is 2. The molecule has 0 saturated heterocycles. The van der Waals surface area contributed by atoms with Crippen molar-refractivity contribution in [2.45, 2.75) is 126 Å². The Balaban J connectivity index is 2.46. The molecule has 0 radical (unpaired) electrons. The number of carbonyl (C=O) groups is 3. The van der Waals surface area contributed by atoms with Gasteiger partial charge in [0.25, 0.3) is 0 Å². The van der Waals surface area contributed by atoms with Gasteiger partial charge >= 0.3 is 0 Å². The minimum Gasteiger partial charge on any atom is -0.512 e. The minimum absolute atomic E-state index is 0.0272. The molecule has 2 atom stereocenters. The van der Waals surface area contributed by atoms with Crippen molar-refractivity contribution in [3.63, 3.8) is 0 Å². The van der Waals surface area contributed by atoms with Gasteiger partial charge in [0.15, 0.2) is 17.3 Å². The number of benzene rings is 1. The fourth-order valence-electron chi connectivity index (χ4n) is 7.20. The average Bonchev–Trinajstić information content (AvgIpc) is 2.84. The second-order valence-corrected chi connectivity index (χ2v) is 15.2. The molecule has 44 heavy (non-hydrogen) atoms. The molecule has 2 aliphatic rings. The van der Waals surface area contributed by atoms with Crippen LogP contribution in [0.2, 0.25) is 0 Å². The van der Waals surface area contributed by atoms with Crippen LogP contribution in [0.5, 0.6) is 17.2 Å². The number of phenolic OH excluding ortho intramolecular Hbond substituents is 3. The van der Waals surface area contributed by atoms with Crippen molar-refractivity contribution in [3.8, 4) is 17.2 Å². The number of aliphatic hydroxyl groups is 2. The van der Waals surface area contributed by atoms with Crippen LogP contribution in [0.1, 0.15) is 147 Å². The zero-order valence-corrected chi connectivity index (χ0v) is 27.9. The Bertz CT molecular complexity index is 1300. The van der Waals surface area contributed by atoms with E-state index in [0.717, 1.165) is 12.8 Å². The summed E-state index contributed by atoms with van der Waals surface area (Å²) in [6.07, 6.45) is 2.86. The number of allylic oxidation sites excluding steroid dienone is 4. The second-order valence-electron chi connectivity index (χ2n) is 15.2. The lowest BCUT2D eigenvalue weighted by molar-refractivity contribution is -0.119. The Kier molecular flexibility index (Phi) is 10.4. The van der Waals surface area contributed by atoms with Gasteiger partial charge in [-0.3, -0.25) is 14.4 Å². The zero-order chi connectivity index (χ0) is 33.5. The third-order valence-electron chi connectivity index (χ3n) is 9.15. The van der Waals surface area contributed by atoms with Crippen LogP contribution in [0.3, 0.4) is 0 Å². The van der Waals surface area contributed by atoms with E-state index in [1.165, 1.54) is 0 Å². The molecular formula is C36H52O8. The molecular weight excluding hydrogens is 560 g/mol. The number of Topliss-reactive ketones (excluding diaryl/α,β-unsaturated/α-hetero) is 3. The van der Waals surface area contributed by atoms with E-state index in [1.54, 1.807) is 27.7 Å². The predicted molar refractivity (Wildman–Crippen MR) is 170 cm³/mol. The summed E-state index contributed by atoms with van der Waals surface area (Å²) in [7, 11) is 0. The molecule has 0 saturated carbocycles. The van der Waals surface area contributed by atoms with Gasteiger partial charge < -0.3 is 25.5 Å². The fraction of sp³-hybridized carbons (Fsp3) is 0.639. The molecule has 0 heterocycles. The Morgan fingerprint density at radius 2 is 1.05 bits per heavy atom. The smallest absolute Gasteiger partial charge is 0.170 e. The Morgan fingerprint density at radius 3 is 1.36 bits per heavy atom. The first-order chi connectivity index (χ1) is 20.3. The van der Waals surface area contributed by atoms with Crippen LogP contribution in [0, 0.1) is 22.7 Å². The molecule has 0 fully saturated rings. The molecule has 0 amide bonds. The predicted octanol–water partition coefficient (Wildman–Crippen LogP) is 8.45. The summed E-state index contributed by atoms with van der Waals surface area (Å²) in [5.41, 5.74) is -1.52. The maximum absolute atomic E-state index is 13.7. The van der Waals surface area contributed by atoms with E-state index >= 15 is 0 Å². The number of hydrogen-bond acceptors (Lipinski definition) is 8. The summed E-state index contributed by atoms with van der Waals surface area (Å²) in [5, 5.41) is 57.9. The highest BCUT2D eigenvalue weighted by Crippen LogP contribution is 2.56. The minimum atomic E-state index is -1.02. The number of rotatable bonds is 11. The molecule has 1 aromatic carbocycles. The first kappa shape index (κ1) is 35.2. The molecule has 0 aromatic heterocycles. The molecule has 244 valence electrons. The molecule has 0 bridgehead atoms. The normalized spacial score (nSPS) is 20.1. The van der Waals surface area contributed by atoms with E-state index in [1.807, 2.05) is 34.6 Å². The first-order valence-electron chi connectivity index (χ1n) is 16.0. The van der Waals surface area contributed by atoms with Crippen molar-refractivity contribution >= 4 is 17.3 Å². The number of carbonyl (C=O) groups excluding carboxylic acids is 3. The van der Waals surface area contributed by atoms with Crippen molar-refractivity contribution in [2.75, 3.05) is 0 Å². The molecule has 0 spiro atoms. The lowest BCUT2D eigenvalue weighted by Gasteiger charge is -2.37. The van der Waals surface area contributed by atoms with Crippen LogP contribution in [0.15, 0.2) is 22.7 Å². The van der Waals surface area contributed by atoms with Crippen molar-refractivity contribution in [2.24, 2.45) is 22.7 Å². The first-order valence-corrected chi connectivity index (χ1v) is 16.0. The number of ketones is 3. The quantitative estimate of drug-likeness (QED) is 0.123. The Morgan fingerprint density at radius 1 is 0.659 bits per heavy atom. The SMILES string of the molecule is CCCCCC(=O)c1c(O)c(C(C2=C(O)CC(C)(C)CC2=O)C(C)C)c(O)c(C(C2=C(O)CC(C)(C)CC2=O)C(C)C)c1O. The van der Waals surface area contributed by atoms with Gasteiger partial charge in [-0.15, -0.1) is 0 Å². The van der Waals surface area contributed by atoms with E-state index in [9.17, 15) is 39.9 Å². The van der Waals surface area contributed by atoms with E-state index < -0.39 is 57.5 Å². The number of unbranched alkanes of at least 4 members (excludes halogenated alkanes) is 2. The van der Waals surface area contributed by atoms with Gasteiger partial charge in [-0.25, -0.2) is 0 Å². The molecule has 8 heteroatoms. The van der Waals surface area contributed by atoms with Gasteiger partial charge in [-0.05, 0) is 29.1 Å². The standard InChI is InChI=1S/C36H52O8/c1-10-11-12-13-20(37)29-32(42)30(25(18(2)3)27-21(38)14-35(6,7)15-22(27)39)34(44)31(33(29)43)26(19(4)5)28-23(40)16-36(8,9)17-24(28)41/h18-19,25-26,38,40,42-44H,10-17H2,1-9H3. The topological polar surface area (TPSA) is 152 Å². The summed E-state index contributed by atoms with van der Waals surface area (Å²) in [4.78, 5) is 40.8. The second kappa shape index (κ2) is 13.0. The van der Waals surface area contributed by atoms with E-state index in [-0.39, 0.29) is 83.0 Å². The monoisotopic (exact) mass is 612 g/mol. The maximum atomic E-state index is 13.7. The molecule has 3 rings (SSSR count). The average molecular weight is 613 g/mol. The highest BCUT2D eigenvalue weighted by molar-refractivity contribution is 6.05. The summed E-state index contributed by atoms with van der Waals surface area (Å²) in [6, 6.07) is 0. The van der Waals surface area contributed by atoms with Crippen LogP contribution < -0.4 is 0 Å². The fourth-order valence-corrected chi connectivity index (χ4v) is 7.20. The molecule has 2 aliphatic carbocycles. The lowest BCUT2D eigenvalue weighted by atomic mass is 9.67. The maximum Gasteiger partial charge on any atom is 0.170 e. The third-order valence-corrected chi connectivity index (χ3v) is 9.15. The number of hydrogen-bond donors (Lipinski definition) is 5. The summed E-state index contributed by atoms with van der Waals surface area (Å²) in [5.74, 6) is -6.21. The highest BCUT2D eigenvalue weighted by atomic mass is 16.3. The van der Waals surface area contributed by atoms with E-state index in [4.69, 9.17) is 0 Å².